The number of fused-ring (bicyclic) bond motifs is 1. The van der Waals surface area contributed by atoms with E-state index in [4.69, 9.17) is 4.98 Å². The summed E-state index contributed by atoms with van der Waals surface area (Å²) in [6.07, 6.45) is 1.51. The Balaban J connectivity index is 1.33. The van der Waals surface area contributed by atoms with E-state index in [9.17, 15) is 23.2 Å². The van der Waals surface area contributed by atoms with Crippen LogP contribution in [0.5, 0.6) is 0 Å². The third-order valence-corrected chi connectivity index (χ3v) is 7.38. The van der Waals surface area contributed by atoms with Crippen molar-refractivity contribution in [3.63, 3.8) is 0 Å². The molecule has 0 radical (unpaired) electrons. The second-order valence-electron chi connectivity index (χ2n) is 10.0. The van der Waals surface area contributed by atoms with Crippen LogP contribution >= 0.6 is 0 Å². The standard InChI is InChI=1S/C26H25F3N6O/c27-26(28,29)11-22(36)35-8-7-34(14-21(35)15-1-2-15)25-18(12-30)10-20(23(33-25)16-3-4-16)19-9-17-5-6-31-24(17)32-13-19/h5-6,9-10,13,15-16,21H,1-4,7-8,11,14H2,(H,31,32). The predicted octanol–water partition coefficient (Wildman–Crippen LogP) is 4.75. The molecule has 4 heterocycles. The first kappa shape index (κ1) is 22.8. The topological polar surface area (TPSA) is 88.9 Å². The first-order valence-electron chi connectivity index (χ1n) is 12.3. The molecule has 2 aliphatic carbocycles. The lowest BCUT2D eigenvalue weighted by Gasteiger charge is -2.42. The van der Waals surface area contributed by atoms with Gasteiger partial charge in [-0.3, -0.25) is 4.79 Å². The summed E-state index contributed by atoms with van der Waals surface area (Å²) in [7, 11) is 0. The number of amides is 1. The fraction of sp³-hybridized carbons (Fsp3) is 0.462. The van der Waals surface area contributed by atoms with Crippen molar-refractivity contribution in [1.82, 2.24) is 19.9 Å². The smallest absolute Gasteiger partial charge is 0.352 e. The molecule has 0 bridgehead atoms. The number of alkyl halides is 3. The minimum atomic E-state index is -4.52. The van der Waals surface area contributed by atoms with Crippen molar-refractivity contribution in [3.05, 3.63) is 41.9 Å². The summed E-state index contributed by atoms with van der Waals surface area (Å²) in [5.41, 5.74) is 3.94. The van der Waals surface area contributed by atoms with Gasteiger partial charge in [0.2, 0.25) is 5.91 Å². The van der Waals surface area contributed by atoms with E-state index in [2.05, 4.69) is 16.0 Å². The molecule has 3 aromatic rings. The number of aromatic nitrogens is 3. The van der Waals surface area contributed by atoms with Crippen molar-refractivity contribution >= 4 is 22.8 Å². The van der Waals surface area contributed by atoms with Crippen LogP contribution in [0.3, 0.4) is 0 Å². The zero-order valence-electron chi connectivity index (χ0n) is 19.6. The minimum absolute atomic E-state index is 0.192. The summed E-state index contributed by atoms with van der Waals surface area (Å²) in [4.78, 5) is 28.4. The Morgan fingerprint density at radius 2 is 2.00 bits per heavy atom. The molecule has 1 aliphatic heterocycles. The molecule has 186 valence electrons. The van der Waals surface area contributed by atoms with Crippen molar-refractivity contribution in [3.8, 4) is 17.2 Å². The highest BCUT2D eigenvalue weighted by atomic mass is 19.4. The number of aromatic amines is 1. The summed E-state index contributed by atoms with van der Waals surface area (Å²) in [5, 5.41) is 11.0. The molecule has 3 fully saturated rings. The predicted molar refractivity (Wildman–Crippen MR) is 127 cm³/mol. The highest BCUT2D eigenvalue weighted by Crippen LogP contribution is 2.45. The number of nitrogens with zero attached hydrogens (tertiary/aromatic N) is 5. The number of hydrogen-bond donors (Lipinski definition) is 1. The fourth-order valence-electron chi connectivity index (χ4n) is 5.30. The first-order valence-corrected chi connectivity index (χ1v) is 12.3. The number of rotatable bonds is 5. The number of pyridine rings is 2. The lowest BCUT2D eigenvalue weighted by molar-refractivity contribution is -0.163. The van der Waals surface area contributed by atoms with Crippen LogP contribution in [0.2, 0.25) is 0 Å². The number of halogens is 3. The van der Waals surface area contributed by atoms with Crippen LogP contribution in [0.15, 0.2) is 30.6 Å². The number of H-pyrrole nitrogens is 1. The molecule has 36 heavy (non-hydrogen) atoms. The van der Waals surface area contributed by atoms with Crippen molar-refractivity contribution in [2.75, 3.05) is 24.5 Å². The number of carbonyl (C=O) groups is 1. The second kappa shape index (κ2) is 8.50. The van der Waals surface area contributed by atoms with Gasteiger partial charge < -0.3 is 14.8 Å². The van der Waals surface area contributed by atoms with E-state index in [-0.39, 0.29) is 18.5 Å². The summed E-state index contributed by atoms with van der Waals surface area (Å²) < 4.78 is 38.7. The highest BCUT2D eigenvalue weighted by molar-refractivity contribution is 5.83. The van der Waals surface area contributed by atoms with Crippen molar-refractivity contribution < 1.29 is 18.0 Å². The minimum Gasteiger partial charge on any atom is -0.352 e. The molecule has 6 rings (SSSR count). The molecule has 1 amide bonds. The normalized spacial score (nSPS) is 20.6. The van der Waals surface area contributed by atoms with Gasteiger partial charge in [-0.05, 0) is 49.8 Å². The van der Waals surface area contributed by atoms with Crippen molar-refractivity contribution in [2.24, 2.45) is 5.92 Å². The third-order valence-electron chi connectivity index (χ3n) is 7.38. The van der Waals surface area contributed by atoms with Crippen LogP contribution in [0.25, 0.3) is 22.2 Å². The Morgan fingerprint density at radius 3 is 2.69 bits per heavy atom. The summed E-state index contributed by atoms with van der Waals surface area (Å²) in [6, 6.07) is 7.85. The van der Waals surface area contributed by atoms with Gasteiger partial charge in [0.05, 0.1) is 17.3 Å². The van der Waals surface area contributed by atoms with E-state index >= 15 is 0 Å². The van der Waals surface area contributed by atoms with Gasteiger partial charge >= 0.3 is 6.18 Å². The maximum atomic E-state index is 12.9. The highest BCUT2D eigenvalue weighted by Gasteiger charge is 2.44. The lowest BCUT2D eigenvalue weighted by Crippen LogP contribution is -2.57. The van der Waals surface area contributed by atoms with Crippen LogP contribution in [-0.4, -0.2) is 57.6 Å². The number of piperazine rings is 1. The molecule has 7 nitrogen and oxygen atoms in total. The fourth-order valence-corrected chi connectivity index (χ4v) is 5.30. The van der Waals surface area contributed by atoms with Crippen molar-refractivity contribution in [2.45, 2.75) is 50.2 Å². The monoisotopic (exact) mass is 494 g/mol. The van der Waals surface area contributed by atoms with Crippen molar-refractivity contribution in [1.29, 1.82) is 5.26 Å². The SMILES string of the molecule is N#Cc1cc(-c2cnc3[nH]ccc3c2)c(C2CC2)nc1N1CCN(C(=O)CC(F)(F)F)C(C2CC2)C1. The molecule has 1 unspecified atom stereocenters. The van der Waals surface area contributed by atoms with Gasteiger partial charge in [0.25, 0.3) is 0 Å². The maximum Gasteiger partial charge on any atom is 0.397 e. The molecule has 3 aromatic heterocycles. The van der Waals surface area contributed by atoms with E-state index in [1.54, 1.807) is 6.20 Å². The first-order chi connectivity index (χ1) is 17.3. The van der Waals surface area contributed by atoms with Gasteiger partial charge in [-0.15, -0.1) is 0 Å². The third kappa shape index (κ3) is 4.38. The van der Waals surface area contributed by atoms with E-state index < -0.39 is 18.5 Å². The molecular weight excluding hydrogens is 469 g/mol. The van der Waals surface area contributed by atoms with Gasteiger partial charge in [0, 0.05) is 54.5 Å². The molecule has 0 spiro atoms. The average molecular weight is 495 g/mol. The molecule has 1 saturated heterocycles. The molecule has 2 saturated carbocycles. The Morgan fingerprint density at radius 1 is 1.19 bits per heavy atom. The lowest BCUT2D eigenvalue weighted by atomic mass is 9.99. The van der Waals surface area contributed by atoms with Crippen LogP contribution < -0.4 is 4.90 Å². The number of nitrogens with one attached hydrogen (secondary N) is 1. The van der Waals surface area contributed by atoms with Crippen LogP contribution in [-0.2, 0) is 4.79 Å². The van der Waals surface area contributed by atoms with E-state index in [1.807, 2.05) is 29.3 Å². The number of nitriles is 1. The number of carbonyl (C=O) groups excluding carboxylic acids is 1. The molecular formula is C26H25F3N6O. The van der Waals surface area contributed by atoms with Gasteiger partial charge in [-0.2, -0.15) is 18.4 Å². The van der Waals surface area contributed by atoms with Gasteiger partial charge in [-0.25, -0.2) is 9.97 Å². The molecule has 10 heteroatoms. The Hall–Kier alpha value is -3.61. The Labute approximate surface area is 205 Å². The van der Waals surface area contributed by atoms with Crippen LogP contribution in [0, 0.1) is 17.2 Å². The second-order valence-corrected chi connectivity index (χ2v) is 10.0. The summed E-state index contributed by atoms with van der Waals surface area (Å²) in [5.74, 6) is 0.195. The summed E-state index contributed by atoms with van der Waals surface area (Å²) >= 11 is 0. The molecule has 0 aromatic carbocycles. The van der Waals surface area contributed by atoms with Crippen LogP contribution in [0.1, 0.15) is 49.3 Å². The zero-order valence-corrected chi connectivity index (χ0v) is 19.6. The quantitative estimate of drug-likeness (QED) is 0.553. The van der Waals surface area contributed by atoms with Gasteiger partial charge in [0.1, 0.15) is 24.0 Å². The van der Waals surface area contributed by atoms with Gasteiger partial charge in [-0.1, -0.05) is 0 Å². The van der Waals surface area contributed by atoms with Gasteiger partial charge in [0.15, 0.2) is 0 Å². The largest absolute Gasteiger partial charge is 0.397 e. The number of hydrogen-bond acceptors (Lipinski definition) is 5. The summed E-state index contributed by atoms with van der Waals surface area (Å²) in [6.45, 7) is 0.919. The van der Waals surface area contributed by atoms with E-state index in [0.717, 1.165) is 53.5 Å². The molecule has 1 atom stereocenters. The van der Waals surface area contributed by atoms with Crippen LogP contribution in [0.4, 0.5) is 19.0 Å². The van der Waals surface area contributed by atoms with E-state index in [1.165, 1.54) is 4.90 Å². The molecule has 3 aliphatic rings. The number of anilines is 1. The maximum absolute atomic E-state index is 12.9. The Kier molecular flexibility index (Phi) is 5.39. The van der Waals surface area contributed by atoms with E-state index in [0.29, 0.717) is 30.4 Å². The average Bonchev–Trinajstić information content (AvgIpc) is 3.79. The molecule has 1 N–H and O–H groups in total. The Bertz CT molecular complexity index is 1370. The zero-order chi connectivity index (χ0) is 25.0.